The average molecular weight is 692 g/mol. The topological polar surface area (TPSA) is 72.5 Å². The number of rotatable bonds is 16. The van der Waals surface area contributed by atoms with Gasteiger partial charge in [0, 0.05) is 86.2 Å². The van der Waals surface area contributed by atoms with E-state index in [9.17, 15) is 5.11 Å². The highest BCUT2D eigenvalue weighted by atomic mass is 35.5. The maximum Gasteiger partial charge on any atom is 0.135 e. The van der Waals surface area contributed by atoms with Gasteiger partial charge in [0.15, 0.2) is 0 Å². The van der Waals surface area contributed by atoms with E-state index in [1.807, 2.05) is 57.3 Å². The van der Waals surface area contributed by atoms with Crippen LogP contribution in [0, 0.1) is 6.92 Å². The normalized spacial score (nSPS) is 11.0. The molecule has 45 heavy (non-hydrogen) atoms. The third-order valence-corrected chi connectivity index (χ3v) is 8.43. The van der Waals surface area contributed by atoms with Crippen LogP contribution in [0.3, 0.4) is 0 Å². The van der Waals surface area contributed by atoms with Gasteiger partial charge in [-0.05, 0) is 65.1 Å². The van der Waals surface area contributed by atoms with Crippen molar-refractivity contribution in [2.75, 3.05) is 26.2 Å². The van der Waals surface area contributed by atoms with Crippen molar-refractivity contribution >= 4 is 46.4 Å². The van der Waals surface area contributed by atoms with E-state index in [0.29, 0.717) is 28.2 Å². The lowest BCUT2D eigenvalue weighted by atomic mass is 10.1. The van der Waals surface area contributed by atoms with E-state index in [2.05, 4.69) is 50.1 Å². The van der Waals surface area contributed by atoms with E-state index in [0.717, 1.165) is 73.2 Å². The van der Waals surface area contributed by atoms with Crippen LogP contribution in [0.1, 0.15) is 47.4 Å². The molecule has 0 unspecified atom stereocenters. The summed E-state index contributed by atoms with van der Waals surface area (Å²) in [4.78, 5) is 6.76. The molecular formula is C35H43Cl4N5O. The van der Waals surface area contributed by atoms with Gasteiger partial charge in [-0.1, -0.05) is 90.6 Å². The van der Waals surface area contributed by atoms with Crippen LogP contribution in [0.2, 0.25) is 20.1 Å². The van der Waals surface area contributed by atoms with Crippen LogP contribution in [0.25, 0.3) is 0 Å². The van der Waals surface area contributed by atoms with Crippen molar-refractivity contribution in [1.82, 2.24) is 25.8 Å². The molecule has 0 spiro atoms. The largest absolute Gasteiger partial charge is 0.506 e. The van der Waals surface area contributed by atoms with Crippen molar-refractivity contribution in [3.05, 3.63) is 127 Å². The molecule has 0 aliphatic rings. The van der Waals surface area contributed by atoms with E-state index in [1.54, 1.807) is 6.07 Å². The molecular weight excluding hydrogens is 648 g/mol. The highest BCUT2D eigenvalue weighted by Crippen LogP contribution is 2.30. The maximum absolute atomic E-state index is 9.98. The Labute approximate surface area is 288 Å². The van der Waals surface area contributed by atoms with Gasteiger partial charge in [-0.15, -0.1) is 0 Å². The van der Waals surface area contributed by atoms with E-state index in [-0.39, 0.29) is 5.75 Å². The summed E-state index contributed by atoms with van der Waals surface area (Å²) in [5.74, 6) is -0.0101. The minimum atomic E-state index is -0.0101. The second-order valence-electron chi connectivity index (χ2n) is 10.5. The Morgan fingerprint density at radius 3 is 1.91 bits per heavy atom. The molecule has 0 saturated carbocycles. The Kier molecular flexibility index (Phi) is 16.5. The number of halogens is 4. The standard InChI is InChI=1S/C33H37Cl4N5O.C2H6/c1-23-14-28(34)15-26(32(23)36)19-38-10-12-42(13-11-39-20-27-16-29(35)17-31(43)33(27)37)22-25-7-5-24(6-8-25)18-40-21-30-4-2-3-9-41-30;1-2/h2-9,14-17,38-40,43H,10-13,18-22H2,1H3;1-2H3. The Morgan fingerprint density at radius 1 is 0.689 bits per heavy atom. The molecule has 0 saturated heterocycles. The van der Waals surface area contributed by atoms with Crippen LogP contribution >= 0.6 is 46.4 Å². The molecule has 0 radical (unpaired) electrons. The molecule has 4 N–H and O–H groups in total. The Morgan fingerprint density at radius 2 is 1.29 bits per heavy atom. The summed E-state index contributed by atoms with van der Waals surface area (Å²) < 4.78 is 0. The first-order valence-electron chi connectivity index (χ1n) is 15.2. The predicted molar refractivity (Wildman–Crippen MR) is 191 cm³/mol. The van der Waals surface area contributed by atoms with Crippen LogP contribution in [0.5, 0.6) is 5.75 Å². The number of aromatic nitrogens is 1. The van der Waals surface area contributed by atoms with Gasteiger partial charge >= 0.3 is 0 Å². The lowest BCUT2D eigenvalue weighted by molar-refractivity contribution is 0.264. The summed E-state index contributed by atoms with van der Waals surface area (Å²) in [6.45, 7) is 12.6. The summed E-state index contributed by atoms with van der Waals surface area (Å²) in [7, 11) is 0. The molecule has 0 bridgehead atoms. The second-order valence-corrected chi connectivity index (χ2v) is 12.1. The molecule has 0 aliphatic carbocycles. The first kappa shape index (κ1) is 37.1. The molecule has 1 aromatic heterocycles. The van der Waals surface area contributed by atoms with Gasteiger partial charge in [0.05, 0.1) is 10.7 Å². The second kappa shape index (κ2) is 20.0. The molecule has 3 aromatic carbocycles. The van der Waals surface area contributed by atoms with E-state index in [4.69, 9.17) is 46.4 Å². The van der Waals surface area contributed by atoms with Gasteiger partial charge in [0.25, 0.3) is 0 Å². The van der Waals surface area contributed by atoms with Gasteiger partial charge < -0.3 is 21.1 Å². The first-order chi connectivity index (χ1) is 21.8. The number of phenols is 1. The number of nitrogens with zero attached hydrogens (tertiary/aromatic N) is 2. The minimum absolute atomic E-state index is 0.0101. The summed E-state index contributed by atoms with van der Waals surface area (Å²) in [5.41, 5.74) is 6.23. The molecule has 4 rings (SSSR count). The number of hydrogen-bond acceptors (Lipinski definition) is 6. The number of aromatic hydroxyl groups is 1. The van der Waals surface area contributed by atoms with Crippen molar-refractivity contribution in [1.29, 1.82) is 0 Å². The summed E-state index contributed by atoms with van der Waals surface area (Å²) >= 11 is 25.1. The van der Waals surface area contributed by atoms with Crippen LogP contribution in [0.4, 0.5) is 0 Å². The van der Waals surface area contributed by atoms with E-state index >= 15 is 0 Å². The van der Waals surface area contributed by atoms with Gasteiger partial charge in [0.1, 0.15) is 5.75 Å². The summed E-state index contributed by atoms with van der Waals surface area (Å²) in [5, 5.41) is 22.6. The SMILES string of the molecule is CC.Cc1cc(Cl)cc(CNCCN(CCNCc2cc(Cl)cc(O)c2Cl)Cc2ccc(CNCc3ccccn3)cc2)c1Cl. The monoisotopic (exact) mass is 689 g/mol. The minimum Gasteiger partial charge on any atom is -0.506 e. The first-order valence-corrected chi connectivity index (χ1v) is 16.7. The zero-order valence-corrected chi connectivity index (χ0v) is 29.2. The lowest BCUT2D eigenvalue weighted by Gasteiger charge is -2.23. The van der Waals surface area contributed by atoms with Gasteiger partial charge in [0.2, 0.25) is 0 Å². The highest BCUT2D eigenvalue weighted by Gasteiger charge is 2.11. The number of nitrogens with one attached hydrogen (secondary N) is 3. The smallest absolute Gasteiger partial charge is 0.135 e. The zero-order valence-electron chi connectivity index (χ0n) is 26.1. The fourth-order valence-corrected chi connectivity index (χ4v) is 5.61. The van der Waals surface area contributed by atoms with Crippen molar-refractivity contribution in [3.63, 3.8) is 0 Å². The van der Waals surface area contributed by atoms with Crippen LogP contribution < -0.4 is 16.0 Å². The highest BCUT2D eigenvalue weighted by molar-refractivity contribution is 6.35. The van der Waals surface area contributed by atoms with Crippen molar-refractivity contribution in [2.45, 2.75) is 53.5 Å². The fraction of sp³-hybridized carbons (Fsp3) is 0.343. The van der Waals surface area contributed by atoms with Gasteiger partial charge in [-0.25, -0.2) is 0 Å². The van der Waals surface area contributed by atoms with Crippen molar-refractivity contribution < 1.29 is 5.11 Å². The van der Waals surface area contributed by atoms with Crippen LogP contribution in [0.15, 0.2) is 72.9 Å². The van der Waals surface area contributed by atoms with Crippen LogP contribution in [-0.4, -0.2) is 41.2 Å². The third kappa shape index (κ3) is 12.7. The molecule has 242 valence electrons. The molecule has 10 heteroatoms. The van der Waals surface area contributed by atoms with Gasteiger partial charge in [-0.2, -0.15) is 0 Å². The molecule has 4 aromatic rings. The molecule has 0 atom stereocenters. The van der Waals surface area contributed by atoms with Crippen LogP contribution in [-0.2, 0) is 32.7 Å². The van der Waals surface area contributed by atoms with Crippen molar-refractivity contribution in [3.8, 4) is 5.75 Å². The van der Waals surface area contributed by atoms with Gasteiger partial charge in [-0.3, -0.25) is 9.88 Å². The number of pyridine rings is 1. The Balaban J connectivity index is 0.00000271. The van der Waals surface area contributed by atoms with E-state index < -0.39 is 0 Å². The summed E-state index contributed by atoms with van der Waals surface area (Å²) in [6.07, 6.45) is 1.81. The molecule has 6 nitrogen and oxygen atoms in total. The third-order valence-electron chi connectivity index (χ3n) is 7.02. The maximum atomic E-state index is 9.98. The lowest BCUT2D eigenvalue weighted by Crippen LogP contribution is -2.36. The summed E-state index contributed by atoms with van der Waals surface area (Å²) in [6, 6.07) is 21.7. The Hall–Kier alpha value is -2.39. The molecule has 1 heterocycles. The number of benzene rings is 3. The molecule has 0 amide bonds. The number of phenolic OH excluding ortho intramolecular Hbond substituents is 1. The fourth-order valence-electron chi connectivity index (χ4n) is 4.73. The quantitative estimate of drug-likeness (QED) is 0.0886. The van der Waals surface area contributed by atoms with E-state index in [1.165, 1.54) is 17.2 Å². The molecule has 0 fully saturated rings. The zero-order chi connectivity index (χ0) is 32.6. The number of aryl methyl sites for hydroxylation is 1. The number of hydrogen-bond donors (Lipinski definition) is 4. The average Bonchev–Trinajstić information content (AvgIpc) is 3.04. The predicted octanol–water partition coefficient (Wildman–Crippen LogP) is 8.41. The molecule has 0 aliphatic heterocycles. The Bertz CT molecular complexity index is 1390. The van der Waals surface area contributed by atoms with Crippen molar-refractivity contribution in [2.24, 2.45) is 0 Å².